The third-order valence-corrected chi connectivity index (χ3v) is 2.64. The standard InChI is InChI=1S/C13H17N3/c1-11-5-7-12(8-6-11)14-15-13-4-3-9-16(2)10-13/h5-8,10H,3-4,9H2,1-2H3. The summed E-state index contributed by atoms with van der Waals surface area (Å²) >= 11 is 0. The highest BCUT2D eigenvalue weighted by molar-refractivity contribution is 5.37. The average Bonchev–Trinajstić information content (AvgIpc) is 2.28. The van der Waals surface area contributed by atoms with Crippen molar-refractivity contribution < 1.29 is 0 Å². The van der Waals surface area contributed by atoms with Crippen LogP contribution < -0.4 is 0 Å². The van der Waals surface area contributed by atoms with Crippen LogP contribution in [0.5, 0.6) is 0 Å². The smallest absolute Gasteiger partial charge is 0.0857 e. The molecule has 0 bridgehead atoms. The molecule has 1 aromatic carbocycles. The SMILES string of the molecule is Cc1ccc(N=NC2=CN(C)CCC2)cc1. The number of allylic oxidation sites excluding steroid dienone is 1. The molecule has 3 heteroatoms. The Kier molecular flexibility index (Phi) is 3.34. The van der Waals surface area contributed by atoms with Crippen LogP contribution in [-0.4, -0.2) is 18.5 Å². The number of rotatable bonds is 2. The molecular weight excluding hydrogens is 198 g/mol. The highest BCUT2D eigenvalue weighted by Crippen LogP contribution is 2.18. The van der Waals surface area contributed by atoms with E-state index in [4.69, 9.17) is 0 Å². The van der Waals surface area contributed by atoms with Gasteiger partial charge in [0.25, 0.3) is 0 Å². The molecule has 84 valence electrons. The molecule has 0 aliphatic carbocycles. The largest absolute Gasteiger partial charge is 0.379 e. The highest BCUT2D eigenvalue weighted by atomic mass is 15.1. The van der Waals surface area contributed by atoms with Crippen molar-refractivity contribution in [2.75, 3.05) is 13.6 Å². The first-order valence-corrected chi connectivity index (χ1v) is 5.63. The normalized spacial score (nSPS) is 16.6. The third kappa shape index (κ3) is 2.92. The van der Waals surface area contributed by atoms with Crippen molar-refractivity contribution in [2.45, 2.75) is 19.8 Å². The minimum Gasteiger partial charge on any atom is -0.379 e. The molecular formula is C13H17N3. The molecule has 0 aromatic heterocycles. The molecule has 2 rings (SSSR count). The van der Waals surface area contributed by atoms with Crippen LogP contribution in [0.2, 0.25) is 0 Å². The van der Waals surface area contributed by atoms with Gasteiger partial charge in [0.2, 0.25) is 0 Å². The molecule has 0 unspecified atom stereocenters. The topological polar surface area (TPSA) is 28.0 Å². The van der Waals surface area contributed by atoms with E-state index in [1.807, 2.05) is 12.1 Å². The molecule has 0 saturated heterocycles. The lowest BCUT2D eigenvalue weighted by molar-refractivity contribution is 0.414. The zero-order valence-electron chi connectivity index (χ0n) is 9.85. The lowest BCUT2D eigenvalue weighted by atomic mass is 10.2. The fourth-order valence-electron chi connectivity index (χ4n) is 1.70. The van der Waals surface area contributed by atoms with Crippen LogP contribution in [0.15, 0.2) is 46.4 Å². The maximum Gasteiger partial charge on any atom is 0.0857 e. The predicted molar refractivity (Wildman–Crippen MR) is 65.6 cm³/mol. The zero-order chi connectivity index (χ0) is 11.4. The summed E-state index contributed by atoms with van der Waals surface area (Å²) in [6, 6.07) is 8.09. The first kappa shape index (κ1) is 10.9. The van der Waals surface area contributed by atoms with Gasteiger partial charge in [0.1, 0.15) is 0 Å². The van der Waals surface area contributed by atoms with Crippen molar-refractivity contribution >= 4 is 5.69 Å². The van der Waals surface area contributed by atoms with Crippen LogP contribution in [0.1, 0.15) is 18.4 Å². The summed E-state index contributed by atoms with van der Waals surface area (Å²) in [5.41, 5.74) is 3.23. The molecule has 3 nitrogen and oxygen atoms in total. The van der Waals surface area contributed by atoms with E-state index in [2.05, 4.69) is 47.4 Å². The average molecular weight is 215 g/mol. The molecule has 0 atom stereocenters. The number of hydrogen-bond donors (Lipinski definition) is 0. The second-order valence-electron chi connectivity index (χ2n) is 4.24. The van der Waals surface area contributed by atoms with Crippen LogP contribution in [0.3, 0.4) is 0 Å². The van der Waals surface area contributed by atoms with Gasteiger partial charge in [-0.1, -0.05) is 17.7 Å². The van der Waals surface area contributed by atoms with Crippen molar-refractivity contribution in [1.82, 2.24) is 4.90 Å². The zero-order valence-corrected chi connectivity index (χ0v) is 9.85. The van der Waals surface area contributed by atoms with E-state index in [1.54, 1.807) is 0 Å². The molecule has 1 aromatic rings. The molecule has 1 heterocycles. The molecule has 0 saturated carbocycles. The maximum absolute atomic E-state index is 4.28. The van der Waals surface area contributed by atoms with E-state index in [0.717, 1.165) is 30.8 Å². The van der Waals surface area contributed by atoms with Gasteiger partial charge in [0, 0.05) is 19.8 Å². The second kappa shape index (κ2) is 4.92. The summed E-state index contributed by atoms with van der Waals surface area (Å²) in [5, 5.41) is 8.51. The second-order valence-corrected chi connectivity index (χ2v) is 4.24. The van der Waals surface area contributed by atoms with E-state index in [0.29, 0.717) is 0 Å². The van der Waals surface area contributed by atoms with Crippen molar-refractivity contribution in [3.63, 3.8) is 0 Å². The number of benzene rings is 1. The molecule has 0 fully saturated rings. The number of aryl methyl sites for hydroxylation is 1. The van der Waals surface area contributed by atoms with Gasteiger partial charge in [-0.25, -0.2) is 0 Å². The molecule has 0 amide bonds. The molecule has 0 spiro atoms. The Morgan fingerprint density at radius 1 is 1.12 bits per heavy atom. The van der Waals surface area contributed by atoms with Gasteiger partial charge < -0.3 is 4.90 Å². The van der Waals surface area contributed by atoms with Crippen LogP contribution >= 0.6 is 0 Å². The van der Waals surface area contributed by atoms with Gasteiger partial charge in [-0.15, -0.1) is 0 Å². The number of azo groups is 1. The Bertz CT molecular complexity index is 404. The van der Waals surface area contributed by atoms with Gasteiger partial charge >= 0.3 is 0 Å². The van der Waals surface area contributed by atoms with Gasteiger partial charge in [-0.05, 0) is 31.9 Å². The van der Waals surface area contributed by atoms with Gasteiger partial charge in [-0.2, -0.15) is 10.2 Å². The molecule has 0 N–H and O–H groups in total. The lowest BCUT2D eigenvalue weighted by Gasteiger charge is -2.19. The van der Waals surface area contributed by atoms with Gasteiger partial charge in [0.05, 0.1) is 11.4 Å². The van der Waals surface area contributed by atoms with Crippen molar-refractivity contribution in [1.29, 1.82) is 0 Å². The van der Waals surface area contributed by atoms with E-state index in [9.17, 15) is 0 Å². The molecule has 16 heavy (non-hydrogen) atoms. The summed E-state index contributed by atoms with van der Waals surface area (Å²) in [6.45, 7) is 3.18. The van der Waals surface area contributed by atoms with Crippen molar-refractivity contribution in [3.05, 3.63) is 41.7 Å². The minimum absolute atomic E-state index is 0.916. The maximum atomic E-state index is 4.28. The number of nitrogens with zero attached hydrogens (tertiary/aromatic N) is 3. The fraction of sp³-hybridized carbons (Fsp3) is 0.385. The van der Waals surface area contributed by atoms with E-state index in [1.165, 1.54) is 5.56 Å². The number of hydrogen-bond acceptors (Lipinski definition) is 3. The summed E-state index contributed by atoms with van der Waals surface area (Å²) in [6.07, 6.45) is 4.26. The Labute approximate surface area is 96.5 Å². The van der Waals surface area contributed by atoms with Crippen LogP contribution in [-0.2, 0) is 0 Å². The monoisotopic (exact) mass is 215 g/mol. The summed E-state index contributed by atoms with van der Waals surface area (Å²) in [7, 11) is 2.07. The van der Waals surface area contributed by atoms with Crippen molar-refractivity contribution in [2.24, 2.45) is 10.2 Å². The summed E-state index contributed by atoms with van der Waals surface area (Å²) in [4.78, 5) is 2.16. The Hall–Kier alpha value is -1.64. The minimum atomic E-state index is 0.916. The first-order valence-electron chi connectivity index (χ1n) is 5.63. The molecule has 1 aliphatic heterocycles. The highest BCUT2D eigenvalue weighted by Gasteiger charge is 2.05. The van der Waals surface area contributed by atoms with Crippen molar-refractivity contribution in [3.8, 4) is 0 Å². The van der Waals surface area contributed by atoms with Crippen LogP contribution in [0.25, 0.3) is 0 Å². The predicted octanol–water partition coefficient (Wildman–Crippen LogP) is 3.65. The molecule has 1 aliphatic rings. The Morgan fingerprint density at radius 3 is 2.56 bits per heavy atom. The molecule has 0 radical (unpaired) electrons. The van der Waals surface area contributed by atoms with Gasteiger partial charge in [0.15, 0.2) is 0 Å². The van der Waals surface area contributed by atoms with Crippen LogP contribution in [0, 0.1) is 6.92 Å². The van der Waals surface area contributed by atoms with E-state index < -0.39 is 0 Å². The van der Waals surface area contributed by atoms with E-state index in [-0.39, 0.29) is 0 Å². The lowest BCUT2D eigenvalue weighted by Crippen LogP contribution is -2.16. The van der Waals surface area contributed by atoms with Gasteiger partial charge in [-0.3, -0.25) is 0 Å². The Morgan fingerprint density at radius 2 is 1.88 bits per heavy atom. The summed E-state index contributed by atoms with van der Waals surface area (Å²) < 4.78 is 0. The summed E-state index contributed by atoms with van der Waals surface area (Å²) in [5.74, 6) is 0. The fourth-order valence-corrected chi connectivity index (χ4v) is 1.70. The van der Waals surface area contributed by atoms with Crippen LogP contribution in [0.4, 0.5) is 5.69 Å². The Balaban J connectivity index is 2.06. The van der Waals surface area contributed by atoms with E-state index >= 15 is 0 Å². The quantitative estimate of drug-likeness (QED) is 0.692. The first-order chi connectivity index (χ1) is 7.74. The third-order valence-electron chi connectivity index (χ3n) is 2.64.